The number of amides is 1. The van der Waals surface area contributed by atoms with Gasteiger partial charge in [-0.15, -0.1) is 0 Å². The highest BCUT2D eigenvalue weighted by molar-refractivity contribution is 5.96. The molecule has 61 heavy (non-hydrogen) atoms. The van der Waals surface area contributed by atoms with Crippen molar-refractivity contribution in [3.8, 4) is 11.5 Å². The van der Waals surface area contributed by atoms with Gasteiger partial charge in [0, 0.05) is 74.1 Å². The van der Waals surface area contributed by atoms with Crippen LogP contribution in [0.25, 0.3) is 0 Å². The van der Waals surface area contributed by atoms with E-state index in [1.807, 2.05) is 42.5 Å². The lowest BCUT2D eigenvalue weighted by molar-refractivity contribution is -0.961. The Kier molecular flexibility index (Phi) is 15.4. The molecule has 4 aliphatic rings. The van der Waals surface area contributed by atoms with E-state index in [1.54, 1.807) is 18.9 Å². The molecule has 10 nitrogen and oxygen atoms in total. The zero-order valence-corrected chi connectivity index (χ0v) is 35.7. The number of unbranched alkanes of at least 4 members (excludes halogenated alkanes) is 2. The first-order valence-corrected chi connectivity index (χ1v) is 21.9. The van der Waals surface area contributed by atoms with Crippen molar-refractivity contribution in [2.45, 2.75) is 148 Å². The van der Waals surface area contributed by atoms with Gasteiger partial charge in [0.25, 0.3) is 0 Å². The minimum absolute atomic E-state index is 0. The van der Waals surface area contributed by atoms with E-state index in [9.17, 15) is 24.3 Å². The Labute approximate surface area is 364 Å². The van der Waals surface area contributed by atoms with E-state index in [-0.39, 0.29) is 50.6 Å². The van der Waals surface area contributed by atoms with E-state index in [0.29, 0.717) is 99.6 Å². The van der Waals surface area contributed by atoms with Crippen LogP contribution in [0.5, 0.6) is 11.5 Å². The van der Waals surface area contributed by atoms with E-state index < -0.39 is 17.1 Å². The van der Waals surface area contributed by atoms with Crippen molar-refractivity contribution < 1.29 is 43.0 Å². The molecule has 1 N–H and O–H groups in total. The van der Waals surface area contributed by atoms with Gasteiger partial charge in [-0.05, 0) is 74.3 Å². The number of hydrogen-bond acceptors (Lipinski definition) is 8. The molecular weight excluding hydrogens is 769 g/mol. The van der Waals surface area contributed by atoms with Crippen molar-refractivity contribution in [1.82, 2.24) is 0 Å². The molecule has 6 atom stereocenters. The predicted molar refractivity (Wildman–Crippen MR) is 241 cm³/mol. The number of likely N-dealkylation sites (N-methyl/N-ethyl adjacent to an activating group) is 1. The monoisotopic (exact) mass is 840 g/mol. The number of aliphatic hydroxyl groups is 1. The van der Waals surface area contributed by atoms with E-state index in [1.165, 1.54) is 5.56 Å². The van der Waals surface area contributed by atoms with E-state index in [0.717, 1.165) is 53.7 Å². The maximum absolute atomic E-state index is 13.7. The number of ketones is 3. The van der Waals surface area contributed by atoms with E-state index in [4.69, 9.17) is 14.2 Å². The minimum atomic E-state index is -1.11. The number of rotatable bonds is 20. The van der Waals surface area contributed by atoms with Gasteiger partial charge in [-0.2, -0.15) is 0 Å². The molecule has 1 amide bonds. The Hall–Kier alpha value is -4.38. The van der Waals surface area contributed by atoms with Crippen molar-refractivity contribution in [2.24, 2.45) is 0 Å². The lowest BCUT2D eigenvalue weighted by Gasteiger charge is -2.64. The van der Waals surface area contributed by atoms with Gasteiger partial charge >= 0.3 is 0 Å². The third kappa shape index (κ3) is 9.09. The summed E-state index contributed by atoms with van der Waals surface area (Å²) >= 11 is 0. The quantitative estimate of drug-likeness (QED) is 0.0680. The van der Waals surface area contributed by atoms with Crippen LogP contribution in [0.15, 0.2) is 60.7 Å². The van der Waals surface area contributed by atoms with Crippen LogP contribution < -0.4 is 14.4 Å². The maximum atomic E-state index is 13.7. The molecule has 7 rings (SSSR count). The van der Waals surface area contributed by atoms with Gasteiger partial charge in [-0.3, -0.25) is 14.4 Å². The third-order valence-electron chi connectivity index (χ3n) is 14.2. The zero-order chi connectivity index (χ0) is 42.0. The normalized spacial score (nSPS) is 24.7. The molecule has 0 aromatic heterocycles. The number of piperidine rings is 1. The molecule has 2 unspecified atom stereocenters. The number of ether oxygens (including phenoxy) is 3. The number of methoxy groups -OCH3 is 1. The highest BCUT2D eigenvalue weighted by Crippen LogP contribution is 2.66. The average Bonchev–Trinajstić information content (AvgIpc) is 3.60. The van der Waals surface area contributed by atoms with Crippen LogP contribution in [-0.2, 0) is 37.5 Å². The van der Waals surface area contributed by atoms with Gasteiger partial charge in [0.1, 0.15) is 24.0 Å². The van der Waals surface area contributed by atoms with Gasteiger partial charge in [-0.25, -0.2) is 0 Å². The summed E-state index contributed by atoms with van der Waals surface area (Å²) in [6.45, 7) is 8.57. The number of benzene rings is 3. The molecule has 0 radical (unpaired) electrons. The summed E-state index contributed by atoms with van der Waals surface area (Å²) in [6, 6.07) is 20.0. The van der Waals surface area contributed by atoms with Gasteiger partial charge < -0.3 is 33.5 Å². The number of carbonyl (C=O) groups excluding carboxylic acids is 4. The summed E-state index contributed by atoms with van der Waals surface area (Å²) in [5.74, 6) is 2.05. The van der Waals surface area contributed by atoms with Crippen molar-refractivity contribution in [3.63, 3.8) is 0 Å². The van der Waals surface area contributed by atoms with Crippen molar-refractivity contribution >= 4 is 28.9 Å². The van der Waals surface area contributed by atoms with Crippen LogP contribution in [0.2, 0.25) is 0 Å². The third-order valence-corrected chi connectivity index (χ3v) is 14.2. The van der Waals surface area contributed by atoms with Gasteiger partial charge in [0.05, 0.1) is 32.7 Å². The summed E-state index contributed by atoms with van der Waals surface area (Å²) in [7, 11) is 3.85. The smallest absolute Gasteiger partial charge is 0.227 e. The molecule has 1 saturated carbocycles. The van der Waals surface area contributed by atoms with Gasteiger partial charge in [0.2, 0.25) is 5.91 Å². The first kappa shape index (κ1) is 47.7. The Morgan fingerprint density at radius 1 is 0.934 bits per heavy atom. The highest BCUT2D eigenvalue weighted by Gasteiger charge is 2.76. The second-order valence-electron chi connectivity index (χ2n) is 17.9. The largest absolute Gasteiger partial charge is 0.493 e. The fourth-order valence-electron chi connectivity index (χ4n) is 10.7. The second kappa shape index (κ2) is 19.8. The Balaban J connectivity index is 0.00000352. The molecule has 2 heterocycles. The van der Waals surface area contributed by atoms with E-state index >= 15 is 0 Å². The highest BCUT2D eigenvalue weighted by atomic mass is 16.5. The van der Waals surface area contributed by atoms with Crippen LogP contribution in [0.3, 0.4) is 0 Å². The molecule has 1 spiro atoms. The van der Waals surface area contributed by atoms with Crippen LogP contribution >= 0.6 is 0 Å². The number of Topliss-reactive ketones (excluding diaryl/α,β-unsaturated/α-hetero) is 3. The number of anilines is 1. The molecular formula is C51H71N2O8+. The molecule has 3 aromatic carbocycles. The molecule has 10 heteroatoms. The molecule has 2 bridgehead atoms. The Bertz CT molecular complexity index is 2030. The molecule has 2 aliphatic carbocycles. The summed E-state index contributed by atoms with van der Waals surface area (Å²) in [6.07, 6.45) is 6.57. The lowest BCUT2D eigenvalue weighted by Crippen LogP contribution is -2.80. The first-order valence-electron chi connectivity index (χ1n) is 21.9. The van der Waals surface area contributed by atoms with Crippen molar-refractivity contribution in [2.75, 3.05) is 45.4 Å². The van der Waals surface area contributed by atoms with E-state index in [2.05, 4.69) is 39.1 Å². The first-order chi connectivity index (χ1) is 28.3. The second-order valence-corrected chi connectivity index (χ2v) is 17.9. The van der Waals surface area contributed by atoms with Crippen LogP contribution in [-0.4, -0.2) is 91.1 Å². The molecule has 3 aromatic rings. The van der Waals surface area contributed by atoms with Crippen molar-refractivity contribution in [1.29, 1.82) is 0 Å². The number of likely N-dealkylation sites (tertiary alicyclic amines) is 1. The number of carbonyl (C=O) groups is 4. The summed E-state index contributed by atoms with van der Waals surface area (Å²) in [5, 5.41) is 12.9. The SMILES string of the molecule is C.C.CCC(C)c1ccc(C(=O)CCCOCCN(C(=O)CCCCCC(C)=O)c2ccc(C[N+]3(C)CC[C@]45c6c7ccc(OC)c6O[C@H]4C(=O)CC[C@@]5(O)[C@H]3C7)cc2)cc1. The Morgan fingerprint density at radius 2 is 1.66 bits per heavy atom. The van der Waals surface area contributed by atoms with Crippen LogP contribution in [0, 0.1) is 0 Å². The van der Waals surface area contributed by atoms with Gasteiger partial charge in [-0.1, -0.05) is 77.6 Å². The fourth-order valence-corrected chi connectivity index (χ4v) is 10.7. The molecule has 1 saturated heterocycles. The molecule has 2 aliphatic heterocycles. The minimum Gasteiger partial charge on any atom is -0.493 e. The molecule has 332 valence electrons. The summed E-state index contributed by atoms with van der Waals surface area (Å²) < 4.78 is 18.7. The number of nitrogens with zero attached hydrogens (tertiary/aromatic N) is 2. The standard InChI is InChI=1S/C49H63N2O8.2CH4/c1-6-33(2)36-16-18-37(19-17-36)40(53)12-10-29-58-30-27-50(44(55)13-9-7-8-11-34(3)52)39-21-14-35(15-22-39)32-51(4)28-26-48-45-38-20-23-42(57-5)46(45)59-47(48)41(54)24-25-49(48,56)43(51)31-38;;/h14-23,33,43,47,56H,6-13,24-32H2,1-5H3;2*1H4/q+1;;/t33?,43-,47+,48+,49-,51?;;/m1../s1. The number of quaternary nitrogens is 1. The molecule has 2 fully saturated rings. The maximum Gasteiger partial charge on any atom is 0.227 e. The fraction of sp³-hybridized carbons (Fsp3) is 0.569. The topological polar surface area (TPSA) is 119 Å². The Morgan fingerprint density at radius 3 is 2.34 bits per heavy atom. The average molecular weight is 840 g/mol. The summed E-state index contributed by atoms with van der Waals surface area (Å²) in [5.41, 5.74) is 4.09. The van der Waals surface area contributed by atoms with Crippen LogP contribution in [0.4, 0.5) is 5.69 Å². The number of hydrogen-bond donors (Lipinski definition) is 1. The van der Waals surface area contributed by atoms with Crippen molar-refractivity contribution in [3.05, 3.63) is 88.5 Å². The summed E-state index contributed by atoms with van der Waals surface area (Å²) in [4.78, 5) is 53.2. The predicted octanol–water partition coefficient (Wildman–Crippen LogP) is 9.10. The van der Waals surface area contributed by atoms with Crippen LogP contribution in [0.1, 0.15) is 145 Å². The lowest BCUT2D eigenvalue weighted by atomic mass is 9.48. The zero-order valence-electron chi connectivity index (χ0n) is 35.7. The van der Waals surface area contributed by atoms with Gasteiger partial charge in [0.15, 0.2) is 29.2 Å².